The van der Waals surface area contributed by atoms with E-state index in [1.807, 2.05) is 30.3 Å². The number of rotatable bonds is 4. The fourth-order valence-electron chi connectivity index (χ4n) is 5.58. The van der Waals surface area contributed by atoms with Crippen molar-refractivity contribution in [2.24, 2.45) is 0 Å². The van der Waals surface area contributed by atoms with Gasteiger partial charge in [-0.3, -0.25) is 0 Å². The summed E-state index contributed by atoms with van der Waals surface area (Å²) >= 11 is 0. The van der Waals surface area contributed by atoms with Gasteiger partial charge in [0, 0.05) is 17.1 Å². The van der Waals surface area contributed by atoms with Gasteiger partial charge in [0.1, 0.15) is 0 Å². The zero-order valence-corrected chi connectivity index (χ0v) is 20.1. The Kier molecular flexibility index (Phi) is 4.87. The molecule has 0 aliphatic heterocycles. The summed E-state index contributed by atoms with van der Waals surface area (Å²) in [6.45, 7) is 0. The van der Waals surface area contributed by atoms with E-state index >= 15 is 0 Å². The van der Waals surface area contributed by atoms with Gasteiger partial charge in [-0.2, -0.15) is 5.26 Å². The number of nitriles is 1. The van der Waals surface area contributed by atoms with E-state index in [2.05, 4.69) is 114 Å². The van der Waals surface area contributed by atoms with Gasteiger partial charge in [0.15, 0.2) is 0 Å². The monoisotopic (exact) mass is 470 g/mol. The van der Waals surface area contributed by atoms with Crippen LogP contribution in [0.25, 0.3) is 44.2 Å². The van der Waals surface area contributed by atoms with Crippen LogP contribution < -0.4 is 4.90 Å². The second kappa shape index (κ2) is 8.52. The predicted molar refractivity (Wildman–Crippen MR) is 153 cm³/mol. The van der Waals surface area contributed by atoms with Crippen LogP contribution in [0.3, 0.4) is 0 Å². The molecule has 0 bridgehead atoms. The van der Waals surface area contributed by atoms with Gasteiger partial charge in [-0.1, -0.05) is 84.9 Å². The average Bonchev–Trinajstić information content (AvgIpc) is 3.30. The summed E-state index contributed by atoms with van der Waals surface area (Å²) in [5.74, 6) is 0. The lowest BCUT2D eigenvalue weighted by Crippen LogP contribution is -2.09. The van der Waals surface area contributed by atoms with E-state index < -0.39 is 0 Å². The molecule has 6 aromatic carbocycles. The van der Waals surface area contributed by atoms with Crippen molar-refractivity contribution >= 4 is 27.8 Å². The van der Waals surface area contributed by atoms with Crippen molar-refractivity contribution in [1.29, 1.82) is 5.26 Å². The molecular formula is C35H22N2. The first kappa shape index (κ1) is 21.2. The van der Waals surface area contributed by atoms with Gasteiger partial charge in [0.25, 0.3) is 0 Å². The SMILES string of the molecule is N#Cc1ccc(N(c2ccccc2)c2cccc(-c3ccc4c5c(cccc35)-c3ccccc3-4)c2)cc1. The van der Waals surface area contributed by atoms with Crippen LogP contribution in [-0.4, -0.2) is 0 Å². The smallest absolute Gasteiger partial charge is 0.0991 e. The third-order valence-electron chi connectivity index (χ3n) is 7.23. The van der Waals surface area contributed by atoms with E-state index in [4.69, 9.17) is 0 Å². The minimum absolute atomic E-state index is 0.652. The lowest BCUT2D eigenvalue weighted by atomic mass is 9.94. The van der Waals surface area contributed by atoms with Gasteiger partial charge >= 0.3 is 0 Å². The first-order valence-corrected chi connectivity index (χ1v) is 12.4. The summed E-state index contributed by atoms with van der Waals surface area (Å²) in [6.07, 6.45) is 0. The van der Waals surface area contributed by atoms with Gasteiger partial charge in [0.2, 0.25) is 0 Å². The molecular weight excluding hydrogens is 448 g/mol. The first-order chi connectivity index (χ1) is 18.3. The van der Waals surface area contributed by atoms with Crippen molar-refractivity contribution in [2.45, 2.75) is 0 Å². The van der Waals surface area contributed by atoms with Crippen LogP contribution in [0.1, 0.15) is 5.56 Å². The highest BCUT2D eigenvalue weighted by molar-refractivity contribution is 6.18. The van der Waals surface area contributed by atoms with Crippen LogP contribution in [0.15, 0.2) is 133 Å². The topological polar surface area (TPSA) is 27.0 Å². The van der Waals surface area contributed by atoms with Gasteiger partial charge in [-0.05, 0) is 92.7 Å². The maximum Gasteiger partial charge on any atom is 0.0991 e. The molecule has 0 atom stereocenters. The van der Waals surface area contributed by atoms with E-state index in [1.54, 1.807) is 0 Å². The van der Waals surface area contributed by atoms with Crippen LogP contribution in [0.4, 0.5) is 17.1 Å². The van der Waals surface area contributed by atoms with Crippen molar-refractivity contribution < 1.29 is 0 Å². The molecule has 1 aliphatic rings. The average molecular weight is 471 g/mol. The quantitative estimate of drug-likeness (QED) is 0.256. The third-order valence-corrected chi connectivity index (χ3v) is 7.23. The Morgan fingerprint density at radius 1 is 0.459 bits per heavy atom. The Bertz CT molecular complexity index is 1800. The van der Waals surface area contributed by atoms with E-state index in [0.717, 1.165) is 17.1 Å². The molecule has 0 amide bonds. The van der Waals surface area contributed by atoms with Crippen LogP contribution in [0.5, 0.6) is 0 Å². The predicted octanol–water partition coefficient (Wildman–Crippen LogP) is 9.50. The summed E-state index contributed by atoms with van der Waals surface area (Å²) in [7, 11) is 0. The molecule has 2 nitrogen and oxygen atoms in total. The number of fused-ring (bicyclic) bond motifs is 3. The molecule has 7 rings (SSSR count). The molecule has 0 spiro atoms. The van der Waals surface area contributed by atoms with Gasteiger partial charge < -0.3 is 4.90 Å². The molecule has 6 aromatic rings. The highest BCUT2D eigenvalue weighted by Gasteiger charge is 2.22. The number of nitrogens with zero attached hydrogens (tertiary/aromatic N) is 2. The minimum atomic E-state index is 0.652. The molecule has 0 fully saturated rings. The van der Waals surface area contributed by atoms with Crippen LogP contribution in [-0.2, 0) is 0 Å². The van der Waals surface area contributed by atoms with Crippen LogP contribution >= 0.6 is 0 Å². The molecule has 0 unspecified atom stereocenters. The van der Waals surface area contributed by atoms with Gasteiger partial charge in [-0.15, -0.1) is 0 Å². The van der Waals surface area contributed by atoms with Crippen LogP contribution in [0, 0.1) is 11.3 Å². The Balaban J connectivity index is 1.40. The number of para-hydroxylation sites is 1. The molecule has 0 saturated heterocycles. The number of anilines is 3. The fourth-order valence-corrected chi connectivity index (χ4v) is 5.58. The molecule has 0 N–H and O–H groups in total. The second-order valence-electron chi connectivity index (χ2n) is 9.31. The Labute approximate surface area is 216 Å². The first-order valence-electron chi connectivity index (χ1n) is 12.4. The Hall–Kier alpha value is -5.13. The lowest BCUT2D eigenvalue weighted by molar-refractivity contribution is 1.28. The summed E-state index contributed by atoms with van der Waals surface area (Å²) < 4.78 is 0. The molecule has 0 saturated carbocycles. The van der Waals surface area contributed by atoms with E-state index in [9.17, 15) is 5.26 Å². The summed E-state index contributed by atoms with van der Waals surface area (Å²) in [5, 5.41) is 11.9. The van der Waals surface area contributed by atoms with E-state index in [0.29, 0.717) is 5.56 Å². The number of hydrogen-bond acceptors (Lipinski definition) is 2. The van der Waals surface area contributed by atoms with Gasteiger partial charge in [0.05, 0.1) is 11.6 Å². The summed E-state index contributed by atoms with van der Waals surface area (Å²) in [4.78, 5) is 2.24. The van der Waals surface area contributed by atoms with Crippen molar-refractivity contribution in [3.8, 4) is 39.4 Å². The minimum Gasteiger partial charge on any atom is -0.310 e. The lowest BCUT2D eigenvalue weighted by Gasteiger charge is -2.26. The molecule has 172 valence electrons. The highest BCUT2D eigenvalue weighted by atomic mass is 15.1. The number of hydrogen-bond donors (Lipinski definition) is 0. The van der Waals surface area contributed by atoms with Crippen LogP contribution in [0.2, 0.25) is 0 Å². The van der Waals surface area contributed by atoms with Crippen molar-refractivity contribution in [3.63, 3.8) is 0 Å². The standard InChI is InChI=1S/C35H22N2/c36-23-24-16-18-27(19-17-24)37(26-9-2-1-3-10-26)28-11-6-8-25(22-28)29-20-21-34-31-13-5-4-12-30(31)33-15-7-14-32(29)35(33)34/h1-22H. The second-order valence-corrected chi connectivity index (χ2v) is 9.31. The molecule has 2 heteroatoms. The molecule has 0 radical (unpaired) electrons. The van der Waals surface area contributed by atoms with Gasteiger partial charge in [-0.25, -0.2) is 0 Å². The number of benzene rings is 6. The molecule has 1 aliphatic carbocycles. The summed E-state index contributed by atoms with van der Waals surface area (Å²) in [6, 6.07) is 48.9. The Morgan fingerprint density at radius 3 is 1.81 bits per heavy atom. The fraction of sp³-hybridized carbons (Fsp3) is 0. The third kappa shape index (κ3) is 3.41. The van der Waals surface area contributed by atoms with Crippen molar-refractivity contribution in [2.75, 3.05) is 4.90 Å². The maximum absolute atomic E-state index is 9.29. The zero-order valence-electron chi connectivity index (χ0n) is 20.1. The largest absolute Gasteiger partial charge is 0.310 e. The molecule has 0 aromatic heterocycles. The molecule has 0 heterocycles. The highest BCUT2D eigenvalue weighted by Crippen LogP contribution is 2.49. The zero-order chi connectivity index (χ0) is 24.8. The summed E-state index contributed by atoms with van der Waals surface area (Å²) in [5.41, 5.74) is 11.4. The van der Waals surface area contributed by atoms with Crippen molar-refractivity contribution in [1.82, 2.24) is 0 Å². The molecule has 37 heavy (non-hydrogen) atoms. The van der Waals surface area contributed by atoms with E-state index in [1.165, 1.54) is 44.2 Å². The van der Waals surface area contributed by atoms with E-state index in [-0.39, 0.29) is 0 Å². The Morgan fingerprint density at radius 2 is 1.05 bits per heavy atom. The normalized spacial score (nSPS) is 11.2. The maximum atomic E-state index is 9.29. The van der Waals surface area contributed by atoms with Crippen molar-refractivity contribution in [3.05, 3.63) is 139 Å².